The first-order chi connectivity index (χ1) is 19.1. The van der Waals surface area contributed by atoms with Gasteiger partial charge in [-0.2, -0.15) is 17.6 Å². The Morgan fingerprint density at radius 1 is 1.17 bits per heavy atom. The molecule has 0 spiro atoms. The van der Waals surface area contributed by atoms with Crippen molar-refractivity contribution in [3.63, 3.8) is 0 Å². The van der Waals surface area contributed by atoms with Gasteiger partial charge in [-0.25, -0.2) is 18.1 Å². The predicted molar refractivity (Wildman–Crippen MR) is 124 cm³/mol. The van der Waals surface area contributed by atoms with Crippen molar-refractivity contribution in [3.8, 4) is 0 Å². The molecule has 0 aliphatic rings. The first-order valence-electron chi connectivity index (χ1n) is 12.0. The Bertz CT molecular complexity index is 1330. The van der Waals surface area contributed by atoms with Crippen LogP contribution >= 0.6 is 0 Å². The van der Waals surface area contributed by atoms with Gasteiger partial charge >= 0.3 is 6.18 Å². The van der Waals surface area contributed by atoms with Crippen molar-refractivity contribution >= 4 is 17.5 Å². The van der Waals surface area contributed by atoms with Crippen LogP contribution in [0.1, 0.15) is 62.2 Å². The van der Waals surface area contributed by atoms with E-state index in [0.717, 1.165) is 6.20 Å². The lowest BCUT2D eigenvalue weighted by Crippen LogP contribution is -2.48. The summed E-state index contributed by atoms with van der Waals surface area (Å²) >= 11 is 0. The summed E-state index contributed by atoms with van der Waals surface area (Å²) in [6.07, 6.45) is -7.92. The van der Waals surface area contributed by atoms with Crippen LogP contribution in [0.25, 0.3) is 0 Å². The van der Waals surface area contributed by atoms with Crippen molar-refractivity contribution in [2.24, 2.45) is 0 Å². The lowest BCUT2D eigenvalue weighted by atomic mass is 10.2. The van der Waals surface area contributed by atoms with Gasteiger partial charge in [-0.05, 0) is 42.8 Å². The Morgan fingerprint density at radius 2 is 1.88 bits per heavy atom. The number of ether oxygens (including phenoxy) is 1. The summed E-state index contributed by atoms with van der Waals surface area (Å²) in [5.74, 6) is -3.86. The molecule has 14 nitrogen and oxygen atoms in total. The zero-order chi connectivity index (χ0) is 30.5. The Hall–Kier alpha value is -4.10. The number of nitrogens with one attached hydrogen (secondary N) is 2. The topological polar surface area (TPSA) is 168 Å². The molecule has 0 aromatic carbocycles. The second-order valence-electron chi connectivity index (χ2n) is 9.62. The maximum Gasteiger partial charge on any atom is 0.408 e. The van der Waals surface area contributed by atoms with E-state index in [1.54, 1.807) is 27.7 Å². The van der Waals surface area contributed by atoms with E-state index in [4.69, 9.17) is 4.74 Å². The van der Waals surface area contributed by atoms with Crippen LogP contribution in [-0.2, 0) is 22.5 Å². The number of hydrogen-bond acceptors (Lipinski definition) is 10. The van der Waals surface area contributed by atoms with Gasteiger partial charge in [-0.3, -0.25) is 14.3 Å². The smallest absolute Gasteiger partial charge is 0.373 e. The van der Waals surface area contributed by atoms with Gasteiger partial charge in [-0.15, -0.1) is 10.2 Å². The minimum atomic E-state index is -4.79. The van der Waals surface area contributed by atoms with Crippen molar-refractivity contribution in [2.75, 3.05) is 11.9 Å². The van der Waals surface area contributed by atoms with Crippen LogP contribution in [0.5, 0.6) is 0 Å². The summed E-state index contributed by atoms with van der Waals surface area (Å²) in [6.45, 7) is 4.65. The zero-order valence-electron chi connectivity index (χ0n) is 22.1. The van der Waals surface area contributed by atoms with E-state index in [2.05, 4.69) is 46.2 Å². The number of rotatable bonds is 12. The highest BCUT2D eigenvalue weighted by atomic mass is 19.4. The third-order valence-corrected chi connectivity index (χ3v) is 5.26. The fraction of sp³-hybridized carbons (Fsp3) is 0.619. The van der Waals surface area contributed by atoms with Gasteiger partial charge in [0.25, 0.3) is 11.9 Å². The Balaban J connectivity index is 1.87. The Morgan fingerprint density at radius 3 is 2.49 bits per heavy atom. The molecule has 0 aliphatic heterocycles. The monoisotopic (exact) mass is 596 g/mol. The maximum absolute atomic E-state index is 14.8. The molecule has 2 atom stereocenters. The van der Waals surface area contributed by atoms with Gasteiger partial charge in [-0.1, -0.05) is 12.1 Å². The molecular weight excluding hydrogens is 570 g/mol. The van der Waals surface area contributed by atoms with Gasteiger partial charge in [0.15, 0.2) is 11.5 Å². The van der Waals surface area contributed by atoms with E-state index < -0.39 is 72.5 Å². The van der Waals surface area contributed by atoms with Crippen LogP contribution in [0.15, 0.2) is 10.8 Å². The van der Waals surface area contributed by atoms with Gasteiger partial charge in [0.1, 0.15) is 30.0 Å². The van der Waals surface area contributed by atoms with Gasteiger partial charge < -0.3 is 15.4 Å². The fourth-order valence-electron chi connectivity index (χ4n) is 3.42. The summed E-state index contributed by atoms with van der Waals surface area (Å²) in [7, 11) is 0. The van der Waals surface area contributed by atoms with Crippen molar-refractivity contribution in [2.45, 2.75) is 77.4 Å². The summed E-state index contributed by atoms with van der Waals surface area (Å²) < 4.78 is 91.2. The molecule has 226 valence electrons. The molecule has 0 radical (unpaired) electrons. The SMILES string of the molecule is CCc1nonc1C(=O)N[C@@H](COC(C)(C)C)C(=O)Nc1cn(C(CC(F)F)c2nnnn2CC(F)(F)F)nc1F. The number of tetrazole rings is 1. The van der Waals surface area contributed by atoms with E-state index in [-0.39, 0.29) is 29.1 Å². The van der Waals surface area contributed by atoms with Crippen LogP contribution in [0, 0.1) is 5.95 Å². The second kappa shape index (κ2) is 12.6. The fourth-order valence-corrected chi connectivity index (χ4v) is 3.42. The molecule has 2 amide bonds. The minimum absolute atomic E-state index is 0.188. The first-order valence-corrected chi connectivity index (χ1v) is 12.0. The number of aryl methyl sites for hydroxylation is 1. The zero-order valence-corrected chi connectivity index (χ0v) is 22.1. The molecule has 3 aromatic rings. The van der Waals surface area contributed by atoms with Gasteiger partial charge in [0.05, 0.1) is 18.4 Å². The molecule has 2 N–H and O–H groups in total. The highest BCUT2D eigenvalue weighted by Crippen LogP contribution is 2.27. The standard InChI is InChI=1S/C21H26F6N10O4/c1-5-10-15(33-41-32-10)19(39)29-12(8-40-20(2,3)4)18(38)28-11-7-36(31-16(11)24)13(6-14(22)23)17-30-34-35-37(17)9-21(25,26)27/h7,12-14H,5-6,8-9H2,1-4H3,(H,28,38)(H,29,39)/t12-,13?/m0/s1. The van der Waals surface area contributed by atoms with E-state index in [0.29, 0.717) is 4.68 Å². The molecule has 1 unspecified atom stereocenters. The van der Waals surface area contributed by atoms with Crippen molar-refractivity contribution in [1.29, 1.82) is 0 Å². The number of carbonyl (C=O) groups excluding carboxylic acids is 2. The summed E-state index contributed by atoms with van der Waals surface area (Å²) in [6, 6.07) is -3.17. The summed E-state index contributed by atoms with van der Waals surface area (Å²) in [5, 5.41) is 24.8. The van der Waals surface area contributed by atoms with E-state index in [1.807, 2.05) is 0 Å². The molecular formula is C21H26F6N10O4. The van der Waals surface area contributed by atoms with E-state index >= 15 is 0 Å². The number of anilines is 1. The molecule has 0 saturated carbocycles. The number of aromatic nitrogens is 8. The molecule has 3 rings (SSSR count). The molecule has 41 heavy (non-hydrogen) atoms. The normalized spacial score (nSPS) is 13.8. The molecule has 3 aromatic heterocycles. The molecule has 0 bridgehead atoms. The number of carbonyl (C=O) groups is 2. The Labute approximate surface area is 227 Å². The third-order valence-electron chi connectivity index (χ3n) is 5.26. The summed E-state index contributed by atoms with van der Waals surface area (Å²) in [5.41, 5.74) is -1.36. The predicted octanol–water partition coefficient (Wildman–Crippen LogP) is 2.31. The van der Waals surface area contributed by atoms with Crippen LogP contribution in [0.2, 0.25) is 0 Å². The van der Waals surface area contributed by atoms with Gasteiger partial charge in [0, 0.05) is 6.42 Å². The van der Waals surface area contributed by atoms with Crippen LogP contribution in [0.3, 0.4) is 0 Å². The molecule has 0 fully saturated rings. The average Bonchev–Trinajstić information content (AvgIpc) is 3.58. The first kappa shape index (κ1) is 31.4. The van der Waals surface area contributed by atoms with Crippen molar-refractivity contribution in [1.82, 2.24) is 45.6 Å². The number of hydrogen-bond donors (Lipinski definition) is 2. The lowest BCUT2D eigenvalue weighted by molar-refractivity contribution is -0.143. The highest BCUT2D eigenvalue weighted by molar-refractivity contribution is 6.00. The third kappa shape index (κ3) is 8.69. The molecule has 20 heteroatoms. The largest absolute Gasteiger partial charge is 0.408 e. The van der Waals surface area contributed by atoms with Gasteiger partial charge in [0.2, 0.25) is 12.3 Å². The average molecular weight is 596 g/mol. The lowest BCUT2D eigenvalue weighted by Gasteiger charge is -2.24. The second-order valence-corrected chi connectivity index (χ2v) is 9.62. The van der Waals surface area contributed by atoms with E-state index in [9.17, 15) is 35.9 Å². The van der Waals surface area contributed by atoms with E-state index in [1.165, 1.54) is 0 Å². The summed E-state index contributed by atoms with van der Waals surface area (Å²) in [4.78, 5) is 25.8. The number of halogens is 6. The van der Waals surface area contributed by atoms with Crippen LogP contribution in [-0.4, -0.2) is 83.0 Å². The minimum Gasteiger partial charge on any atom is -0.373 e. The molecule has 3 heterocycles. The Kier molecular flexibility index (Phi) is 9.66. The number of alkyl halides is 5. The molecule has 0 saturated heterocycles. The highest BCUT2D eigenvalue weighted by Gasteiger charge is 2.34. The van der Waals surface area contributed by atoms with Crippen molar-refractivity contribution in [3.05, 3.63) is 29.4 Å². The van der Waals surface area contributed by atoms with Crippen LogP contribution < -0.4 is 10.6 Å². The van der Waals surface area contributed by atoms with Crippen LogP contribution in [0.4, 0.5) is 32.0 Å². The number of amides is 2. The maximum atomic E-state index is 14.8. The number of nitrogens with zero attached hydrogens (tertiary/aromatic N) is 8. The molecule has 0 aliphatic carbocycles. The quantitative estimate of drug-likeness (QED) is 0.296. The van der Waals surface area contributed by atoms with Crippen molar-refractivity contribution < 1.29 is 45.3 Å².